The van der Waals surface area contributed by atoms with Crippen LogP contribution in [0.4, 0.5) is 0 Å². The number of carbonyl (C=O) groups is 2. The summed E-state index contributed by atoms with van der Waals surface area (Å²) in [7, 11) is 0. The van der Waals surface area contributed by atoms with Crippen LogP contribution in [0.5, 0.6) is 0 Å². The highest BCUT2D eigenvalue weighted by Crippen LogP contribution is 2.00. The lowest BCUT2D eigenvalue weighted by Crippen LogP contribution is -2.44. The first-order chi connectivity index (χ1) is 5.72. The van der Waals surface area contributed by atoms with E-state index in [9.17, 15) is 9.59 Å². The van der Waals surface area contributed by atoms with E-state index in [1.165, 1.54) is 0 Å². The molecule has 0 saturated carbocycles. The van der Waals surface area contributed by atoms with Gasteiger partial charge in [0.2, 0.25) is 5.91 Å². The number of hydrogen-bond acceptors (Lipinski definition) is 3. The lowest BCUT2D eigenvalue weighted by Gasteiger charge is -2.20. The molecule has 0 rings (SSSR count). The molecule has 5 heteroatoms. The molecule has 1 amide bonds. The molecular formula is C8H16N2O3. The fourth-order valence-electron chi connectivity index (χ4n) is 0.756. The quantitative estimate of drug-likeness (QED) is 0.567. The van der Waals surface area contributed by atoms with E-state index in [1.807, 2.05) is 20.8 Å². The highest BCUT2D eigenvalue weighted by atomic mass is 16.4. The van der Waals surface area contributed by atoms with E-state index in [-0.39, 0.29) is 17.9 Å². The minimum absolute atomic E-state index is 0.188. The molecule has 0 fully saturated rings. The van der Waals surface area contributed by atoms with E-state index in [4.69, 9.17) is 10.8 Å². The Morgan fingerprint density at radius 2 is 1.92 bits per heavy atom. The highest BCUT2D eigenvalue weighted by molar-refractivity contribution is 5.84. The summed E-state index contributed by atoms with van der Waals surface area (Å²) in [4.78, 5) is 21.4. The van der Waals surface area contributed by atoms with Crippen LogP contribution < -0.4 is 11.1 Å². The molecular weight excluding hydrogens is 172 g/mol. The molecule has 1 atom stereocenters. The normalized spacial score (nSPS) is 13.5. The average molecular weight is 188 g/mol. The zero-order chi connectivity index (χ0) is 10.6. The monoisotopic (exact) mass is 188 g/mol. The van der Waals surface area contributed by atoms with Gasteiger partial charge in [-0.1, -0.05) is 0 Å². The summed E-state index contributed by atoms with van der Waals surface area (Å²) in [5, 5.41) is 11.0. The third-order valence-electron chi connectivity index (χ3n) is 1.24. The van der Waals surface area contributed by atoms with Gasteiger partial charge in [-0.05, 0) is 20.8 Å². The molecule has 1 unspecified atom stereocenters. The van der Waals surface area contributed by atoms with E-state index >= 15 is 0 Å². The number of hydrogen-bond donors (Lipinski definition) is 3. The number of nitrogens with two attached hydrogens (primary N) is 1. The van der Waals surface area contributed by atoms with Crippen molar-refractivity contribution >= 4 is 11.9 Å². The zero-order valence-corrected chi connectivity index (χ0v) is 8.13. The molecule has 0 saturated heterocycles. The highest BCUT2D eigenvalue weighted by Gasteiger charge is 2.19. The van der Waals surface area contributed by atoms with Crippen LogP contribution in [0.15, 0.2) is 0 Å². The maximum atomic E-state index is 11.1. The third kappa shape index (κ3) is 6.10. The Kier molecular flexibility index (Phi) is 3.87. The molecule has 76 valence electrons. The van der Waals surface area contributed by atoms with Gasteiger partial charge in [-0.3, -0.25) is 9.59 Å². The molecule has 5 nitrogen and oxygen atoms in total. The van der Waals surface area contributed by atoms with Crippen molar-refractivity contribution in [1.82, 2.24) is 5.32 Å². The lowest BCUT2D eigenvalue weighted by atomic mass is 10.1. The van der Waals surface area contributed by atoms with E-state index in [0.717, 1.165) is 0 Å². The van der Waals surface area contributed by atoms with Crippen LogP contribution in [-0.2, 0) is 9.59 Å². The van der Waals surface area contributed by atoms with Crippen molar-refractivity contribution in [2.45, 2.75) is 38.8 Å². The van der Waals surface area contributed by atoms with Gasteiger partial charge in [0.05, 0.1) is 6.42 Å². The molecule has 0 heterocycles. The van der Waals surface area contributed by atoms with Crippen LogP contribution in [0.3, 0.4) is 0 Å². The predicted octanol–water partition coefficient (Wildman–Crippen LogP) is -0.297. The Balaban J connectivity index is 3.96. The first-order valence-electron chi connectivity index (χ1n) is 4.02. The molecule has 0 aromatic rings. The molecule has 0 radical (unpaired) electrons. The van der Waals surface area contributed by atoms with Crippen molar-refractivity contribution < 1.29 is 14.7 Å². The standard InChI is InChI=1S/C8H16N2O3/c1-8(2,3)10-6(11)4-5(9)7(12)13/h5H,4,9H2,1-3H3,(H,10,11)(H,12,13). The van der Waals surface area contributed by atoms with Gasteiger partial charge in [0.1, 0.15) is 6.04 Å². The number of carboxylic acids is 1. The summed E-state index contributed by atoms with van der Waals surface area (Å²) in [5.41, 5.74) is 4.82. The minimum Gasteiger partial charge on any atom is -0.480 e. The second kappa shape index (κ2) is 4.23. The third-order valence-corrected chi connectivity index (χ3v) is 1.24. The van der Waals surface area contributed by atoms with E-state index < -0.39 is 12.0 Å². The van der Waals surface area contributed by atoms with Crippen LogP contribution in [-0.4, -0.2) is 28.6 Å². The van der Waals surface area contributed by atoms with Crippen LogP contribution in [0, 0.1) is 0 Å². The molecule has 0 aromatic carbocycles. The largest absolute Gasteiger partial charge is 0.480 e. The molecule has 13 heavy (non-hydrogen) atoms. The number of carboxylic acid groups (broad SMARTS) is 1. The first kappa shape index (κ1) is 11.9. The Hall–Kier alpha value is -1.10. The zero-order valence-electron chi connectivity index (χ0n) is 8.13. The van der Waals surface area contributed by atoms with Crippen LogP contribution >= 0.6 is 0 Å². The second-order valence-corrected chi connectivity index (χ2v) is 3.95. The number of carbonyl (C=O) groups excluding carboxylic acids is 1. The SMILES string of the molecule is CC(C)(C)NC(=O)CC(N)C(=O)O. The maximum absolute atomic E-state index is 11.1. The van der Waals surface area contributed by atoms with Crippen molar-refractivity contribution in [3.05, 3.63) is 0 Å². The van der Waals surface area contributed by atoms with Gasteiger partial charge in [-0.15, -0.1) is 0 Å². The summed E-state index contributed by atoms with van der Waals surface area (Å²) in [5.74, 6) is -1.51. The Labute approximate surface area is 77.3 Å². The van der Waals surface area contributed by atoms with Crippen LogP contribution in [0.2, 0.25) is 0 Å². The van der Waals surface area contributed by atoms with E-state index in [0.29, 0.717) is 0 Å². The van der Waals surface area contributed by atoms with Crippen LogP contribution in [0.1, 0.15) is 27.2 Å². The summed E-state index contributed by atoms with van der Waals surface area (Å²) in [6.07, 6.45) is -0.188. The van der Waals surface area contributed by atoms with Crippen LogP contribution in [0.25, 0.3) is 0 Å². The van der Waals surface area contributed by atoms with Gasteiger partial charge in [-0.2, -0.15) is 0 Å². The minimum atomic E-state index is -1.16. The fourth-order valence-corrected chi connectivity index (χ4v) is 0.756. The fraction of sp³-hybridized carbons (Fsp3) is 0.750. The Morgan fingerprint density at radius 1 is 1.46 bits per heavy atom. The van der Waals surface area contributed by atoms with Gasteiger partial charge in [-0.25, -0.2) is 0 Å². The van der Waals surface area contributed by atoms with Gasteiger partial charge in [0.15, 0.2) is 0 Å². The number of rotatable bonds is 3. The molecule has 0 spiro atoms. The van der Waals surface area contributed by atoms with Crippen molar-refractivity contribution in [3.8, 4) is 0 Å². The lowest BCUT2D eigenvalue weighted by molar-refractivity contribution is -0.140. The summed E-state index contributed by atoms with van der Waals surface area (Å²) in [6.45, 7) is 5.45. The van der Waals surface area contributed by atoms with Gasteiger partial charge in [0.25, 0.3) is 0 Å². The predicted molar refractivity (Wildman–Crippen MR) is 48.1 cm³/mol. The number of aliphatic carboxylic acids is 1. The molecule has 0 aromatic heterocycles. The average Bonchev–Trinajstić information content (AvgIpc) is 1.81. The molecule has 0 bridgehead atoms. The molecule has 4 N–H and O–H groups in total. The van der Waals surface area contributed by atoms with Gasteiger partial charge >= 0.3 is 5.97 Å². The maximum Gasteiger partial charge on any atom is 0.321 e. The topological polar surface area (TPSA) is 92.4 Å². The molecule has 0 aliphatic heterocycles. The second-order valence-electron chi connectivity index (χ2n) is 3.95. The van der Waals surface area contributed by atoms with E-state index in [2.05, 4.69) is 5.32 Å². The van der Waals surface area contributed by atoms with Gasteiger partial charge < -0.3 is 16.2 Å². The Morgan fingerprint density at radius 3 is 2.23 bits per heavy atom. The number of nitrogens with one attached hydrogen (secondary N) is 1. The summed E-state index contributed by atoms with van der Waals surface area (Å²) < 4.78 is 0. The van der Waals surface area contributed by atoms with Crippen molar-refractivity contribution in [2.24, 2.45) is 5.73 Å². The molecule has 0 aliphatic rings. The first-order valence-corrected chi connectivity index (χ1v) is 4.02. The summed E-state index contributed by atoms with van der Waals surface area (Å²) in [6, 6.07) is -1.12. The molecule has 0 aliphatic carbocycles. The smallest absolute Gasteiger partial charge is 0.321 e. The van der Waals surface area contributed by atoms with Gasteiger partial charge in [0, 0.05) is 5.54 Å². The number of amides is 1. The van der Waals surface area contributed by atoms with Crippen molar-refractivity contribution in [2.75, 3.05) is 0 Å². The summed E-state index contributed by atoms with van der Waals surface area (Å²) >= 11 is 0. The Bertz CT molecular complexity index is 208. The van der Waals surface area contributed by atoms with Crippen molar-refractivity contribution in [3.63, 3.8) is 0 Å². The van der Waals surface area contributed by atoms with E-state index in [1.54, 1.807) is 0 Å². The van der Waals surface area contributed by atoms with Crippen molar-refractivity contribution in [1.29, 1.82) is 0 Å².